The fourth-order valence-electron chi connectivity index (χ4n) is 2.13. The highest BCUT2D eigenvalue weighted by Gasteiger charge is 2.22. The number of aliphatic hydroxyl groups is 1. The molecule has 0 unspecified atom stereocenters. The van der Waals surface area contributed by atoms with Gasteiger partial charge in [0.15, 0.2) is 0 Å². The number of nitrogens with zero attached hydrogens (tertiary/aromatic N) is 1. The maximum Gasteiger partial charge on any atom is 0.270 e. The minimum atomic E-state index is -0.200. The summed E-state index contributed by atoms with van der Waals surface area (Å²) in [4.78, 5) is 16.2. The number of nitrogens with one attached hydrogen (secondary N) is 1. The van der Waals surface area contributed by atoms with Crippen LogP contribution in [0.1, 0.15) is 41.2 Å². The molecule has 0 spiro atoms. The van der Waals surface area contributed by atoms with Crippen molar-refractivity contribution in [3.8, 4) is 0 Å². The molecule has 1 fully saturated rings. The van der Waals surface area contributed by atoms with E-state index >= 15 is 0 Å². The van der Waals surface area contributed by atoms with Crippen LogP contribution < -0.4 is 11.1 Å². The molecule has 0 radical (unpaired) electrons. The number of aliphatic hydroxyl groups excluding tert-OH is 1. The van der Waals surface area contributed by atoms with Gasteiger partial charge in [-0.25, -0.2) is 4.98 Å². The maximum absolute atomic E-state index is 12.0. The van der Waals surface area contributed by atoms with Gasteiger partial charge in [0, 0.05) is 17.8 Å². The Kier molecular flexibility index (Phi) is 4.68. The minimum Gasteiger partial charge on any atom is -0.393 e. The number of carbonyl (C=O) groups excluding carboxylic acids is 1. The Balaban J connectivity index is 1.86. The molecule has 5 nitrogen and oxygen atoms in total. The number of amides is 1. The van der Waals surface area contributed by atoms with Crippen LogP contribution in [-0.4, -0.2) is 34.7 Å². The molecule has 0 aromatic carbocycles. The van der Waals surface area contributed by atoms with E-state index in [1.165, 1.54) is 11.3 Å². The van der Waals surface area contributed by atoms with Crippen LogP contribution >= 0.6 is 11.3 Å². The fraction of sp³-hybridized carbons (Fsp3) is 0.667. The van der Waals surface area contributed by atoms with E-state index in [4.69, 9.17) is 5.73 Å². The van der Waals surface area contributed by atoms with Gasteiger partial charge >= 0.3 is 0 Å². The monoisotopic (exact) mass is 269 g/mol. The first-order valence-corrected chi connectivity index (χ1v) is 7.20. The Morgan fingerprint density at radius 3 is 2.89 bits per heavy atom. The van der Waals surface area contributed by atoms with Crippen molar-refractivity contribution in [1.82, 2.24) is 10.3 Å². The second kappa shape index (κ2) is 6.26. The van der Waals surface area contributed by atoms with Crippen LogP contribution in [0.5, 0.6) is 0 Å². The van der Waals surface area contributed by atoms with E-state index in [1.807, 2.05) is 0 Å². The lowest BCUT2D eigenvalue weighted by Crippen LogP contribution is -2.38. The lowest BCUT2D eigenvalue weighted by atomic mass is 9.93. The van der Waals surface area contributed by atoms with E-state index in [9.17, 15) is 9.90 Å². The second-order valence-corrected chi connectivity index (χ2v) is 5.59. The number of hydrogen-bond acceptors (Lipinski definition) is 5. The van der Waals surface area contributed by atoms with Crippen molar-refractivity contribution in [2.45, 2.75) is 44.2 Å². The van der Waals surface area contributed by atoms with E-state index in [0.717, 1.165) is 30.7 Å². The number of rotatable bonds is 4. The summed E-state index contributed by atoms with van der Waals surface area (Å²) in [5.41, 5.74) is 5.93. The summed E-state index contributed by atoms with van der Waals surface area (Å²) in [5.74, 6) is -0.115. The smallest absolute Gasteiger partial charge is 0.270 e. The lowest BCUT2D eigenvalue weighted by molar-refractivity contribution is 0.0863. The van der Waals surface area contributed by atoms with Gasteiger partial charge in [-0.3, -0.25) is 4.79 Å². The van der Waals surface area contributed by atoms with E-state index < -0.39 is 0 Å². The van der Waals surface area contributed by atoms with Gasteiger partial charge in [-0.15, -0.1) is 11.3 Å². The Hall–Kier alpha value is -0.980. The highest BCUT2D eigenvalue weighted by molar-refractivity contribution is 7.09. The molecule has 1 aromatic rings. The van der Waals surface area contributed by atoms with Gasteiger partial charge in [0.05, 0.1) is 11.1 Å². The Bertz CT molecular complexity index is 400. The van der Waals surface area contributed by atoms with E-state index in [0.29, 0.717) is 18.7 Å². The molecule has 100 valence electrons. The molecule has 2 rings (SSSR count). The summed E-state index contributed by atoms with van der Waals surface area (Å²) >= 11 is 1.47. The quantitative estimate of drug-likeness (QED) is 0.750. The zero-order valence-corrected chi connectivity index (χ0v) is 11.1. The van der Waals surface area contributed by atoms with E-state index in [-0.39, 0.29) is 18.1 Å². The van der Waals surface area contributed by atoms with Gasteiger partial charge in [-0.05, 0) is 32.2 Å². The molecule has 1 aliphatic carbocycles. The van der Waals surface area contributed by atoms with Crippen molar-refractivity contribution in [2.75, 3.05) is 6.54 Å². The largest absolute Gasteiger partial charge is 0.393 e. The first kappa shape index (κ1) is 13.5. The SMILES string of the molecule is NCCc1nc(C(=O)NC2CCC(O)CC2)cs1. The number of aromatic nitrogens is 1. The van der Waals surface area contributed by atoms with Crippen LogP contribution in [0.15, 0.2) is 5.38 Å². The molecule has 1 saturated carbocycles. The molecule has 0 saturated heterocycles. The van der Waals surface area contributed by atoms with Gasteiger partial charge < -0.3 is 16.2 Å². The van der Waals surface area contributed by atoms with Crippen LogP contribution in [-0.2, 0) is 6.42 Å². The van der Waals surface area contributed by atoms with Gasteiger partial charge in [0.2, 0.25) is 0 Å². The van der Waals surface area contributed by atoms with E-state index in [2.05, 4.69) is 10.3 Å². The zero-order valence-electron chi connectivity index (χ0n) is 10.3. The van der Waals surface area contributed by atoms with Crippen LogP contribution in [0, 0.1) is 0 Å². The molecule has 1 aromatic heterocycles. The standard InChI is InChI=1S/C12H19N3O2S/c13-6-5-11-15-10(7-18-11)12(17)14-8-1-3-9(16)4-2-8/h7-9,16H,1-6,13H2,(H,14,17). The number of nitrogens with two attached hydrogens (primary N) is 1. The van der Waals surface area contributed by atoms with Crippen LogP contribution in [0.3, 0.4) is 0 Å². The number of carbonyl (C=O) groups is 1. The molecule has 0 bridgehead atoms. The summed E-state index contributed by atoms with van der Waals surface area (Å²) in [6.07, 6.45) is 3.72. The summed E-state index contributed by atoms with van der Waals surface area (Å²) in [5, 5.41) is 15.1. The van der Waals surface area contributed by atoms with Crippen LogP contribution in [0.25, 0.3) is 0 Å². The molecular weight excluding hydrogens is 250 g/mol. The minimum absolute atomic E-state index is 0.115. The third-order valence-corrected chi connectivity index (χ3v) is 4.08. The summed E-state index contributed by atoms with van der Waals surface area (Å²) in [6, 6.07) is 0.167. The number of thiazole rings is 1. The summed E-state index contributed by atoms with van der Waals surface area (Å²) < 4.78 is 0. The summed E-state index contributed by atoms with van der Waals surface area (Å²) in [6.45, 7) is 0.551. The lowest BCUT2D eigenvalue weighted by Gasteiger charge is -2.25. The third-order valence-electron chi connectivity index (χ3n) is 3.17. The van der Waals surface area contributed by atoms with Crippen molar-refractivity contribution in [2.24, 2.45) is 5.73 Å². The van der Waals surface area contributed by atoms with Crippen molar-refractivity contribution in [3.63, 3.8) is 0 Å². The molecular formula is C12H19N3O2S. The summed E-state index contributed by atoms with van der Waals surface area (Å²) in [7, 11) is 0. The molecule has 1 heterocycles. The average molecular weight is 269 g/mol. The van der Waals surface area contributed by atoms with Crippen LogP contribution in [0.4, 0.5) is 0 Å². The Morgan fingerprint density at radius 1 is 1.50 bits per heavy atom. The molecule has 4 N–H and O–H groups in total. The second-order valence-electron chi connectivity index (χ2n) is 4.64. The van der Waals surface area contributed by atoms with Gasteiger partial charge in [0.25, 0.3) is 5.91 Å². The van der Waals surface area contributed by atoms with Crippen molar-refractivity contribution >= 4 is 17.2 Å². The predicted molar refractivity (Wildman–Crippen MR) is 70.6 cm³/mol. The van der Waals surface area contributed by atoms with Gasteiger partial charge in [-0.2, -0.15) is 0 Å². The van der Waals surface area contributed by atoms with Crippen molar-refractivity contribution in [3.05, 3.63) is 16.1 Å². The molecule has 1 amide bonds. The van der Waals surface area contributed by atoms with Crippen molar-refractivity contribution < 1.29 is 9.90 Å². The highest BCUT2D eigenvalue weighted by Crippen LogP contribution is 2.19. The molecule has 6 heteroatoms. The van der Waals surface area contributed by atoms with Gasteiger partial charge in [-0.1, -0.05) is 0 Å². The third kappa shape index (κ3) is 3.51. The molecule has 0 atom stereocenters. The fourth-order valence-corrected chi connectivity index (χ4v) is 2.93. The molecule has 1 aliphatic rings. The highest BCUT2D eigenvalue weighted by atomic mass is 32.1. The maximum atomic E-state index is 12.0. The topological polar surface area (TPSA) is 88.2 Å². The number of hydrogen-bond donors (Lipinski definition) is 3. The normalized spacial score (nSPS) is 23.9. The molecule has 0 aliphatic heterocycles. The first-order valence-electron chi connectivity index (χ1n) is 6.32. The predicted octanol–water partition coefficient (Wildman–Crippen LogP) is 0.678. The Labute approximate surface area is 110 Å². The van der Waals surface area contributed by atoms with E-state index in [1.54, 1.807) is 5.38 Å². The van der Waals surface area contributed by atoms with Crippen LogP contribution in [0.2, 0.25) is 0 Å². The van der Waals surface area contributed by atoms with Crippen molar-refractivity contribution in [1.29, 1.82) is 0 Å². The first-order chi connectivity index (χ1) is 8.69. The zero-order chi connectivity index (χ0) is 13.0. The average Bonchev–Trinajstić information content (AvgIpc) is 2.81. The Morgan fingerprint density at radius 2 is 2.22 bits per heavy atom. The molecule has 18 heavy (non-hydrogen) atoms. The van der Waals surface area contributed by atoms with Gasteiger partial charge in [0.1, 0.15) is 5.69 Å².